The molecule has 1 heterocycles. The van der Waals surface area contributed by atoms with Gasteiger partial charge < -0.3 is 4.74 Å². The Morgan fingerprint density at radius 2 is 2.11 bits per heavy atom. The summed E-state index contributed by atoms with van der Waals surface area (Å²) in [6, 6.07) is -0.968. The smallest absolute Gasteiger partial charge is 0.324 e. The topological polar surface area (TPSA) is 101 Å². The molecule has 0 saturated heterocycles. The van der Waals surface area contributed by atoms with Gasteiger partial charge in [0, 0.05) is 6.20 Å². The normalized spacial score (nSPS) is 14.2. The number of hydrogen-bond acceptors (Lipinski definition) is 5. The zero-order valence-corrected chi connectivity index (χ0v) is 11.5. The van der Waals surface area contributed by atoms with E-state index in [1.807, 2.05) is 0 Å². The van der Waals surface area contributed by atoms with E-state index in [9.17, 15) is 13.2 Å². The van der Waals surface area contributed by atoms with E-state index >= 15 is 0 Å². The van der Waals surface area contributed by atoms with Crippen LogP contribution < -0.4 is 4.72 Å². The molecule has 2 N–H and O–H groups in total. The summed E-state index contributed by atoms with van der Waals surface area (Å²) >= 11 is 0. The third-order valence-corrected chi connectivity index (χ3v) is 3.38. The summed E-state index contributed by atoms with van der Waals surface area (Å²) in [6.45, 7) is 6.55. The van der Waals surface area contributed by atoms with Gasteiger partial charge in [-0.1, -0.05) is 0 Å². The number of rotatable bonds is 4. The minimum atomic E-state index is -3.76. The summed E-state index contributed by atoms with van der Waals surface area (Å²) in [4.78, 5) is 11.6. The summed E-state index contributed by atoms with van der Waals surface area (Å²) in [7, 11) is -3.76. The third kappa shape index (κ3) is 4.11. The first-order chi connectivity index (χ1) is 8.12. The van der Waals surface area contributed by atoms with Gasteiger partial charge >= 0.3 is 5.97 Å². The van der Waals surface area contributed by atoms with E-state index < -0.39 is 27.6 Å². The van der Waals surface area contributed by atoms with Gasteiger partial charge in [0.2, 0.25) is 10.0 Å². The van der Waals surface area contributed by atoms with Gasteiger partial charge in [-0.2, -0.15) is 9.82 Å². The van der Waals surface area contributed by atoms with Crippen LogP contribution in [0, 0.1) is 0 Å². The fourth-order valence-electron chi connectivity index (χ4n) is 1.13. The Morgan fingerprint density at radius 3 is 2.56 bits per heavy atom. The largest absolute Gasteiger partial charge is 0.459 e. The molecule has 7 nitrogen and oxygen atoms in total. The average Bonchev–Trinajstić information content (AvgIpc) is 2.66. The molecule has 0 aromatic carbocycles. The maximum atomic E-state index is 11.8. The number of hydrogen-bond donors (Lipinski definition) is 2. The molecule has 0 radical (unpaired) electrons. The Balaban J connectivity index is 2.71. The number of nitrogens with one attached hydrogen (secondary N) is 2. The number of nitrogens with zero attached hydrogens (tertiary/aromatic N) is 1. The SMILES string of the molecule is C[C@@H](NS(=O)(=O)c1cn[nH]c1)C(=O)OC(C)(C)C. The molecule has 0 amide bonds. The molecule has 8 heteroatoms. The summed E-state index contributed by atoms with van der Waals surface area (Å²) in [5.41, 5.74) is -0.660. The van der Waals surface area contributed by atoms with Crippen LogP contribution in [-0.2, 0) is 19.6 Å². The van der Waals surface area contributed by atoms with Crippen molar-refractivity contribution in [3.05, 3.63) is 12.4 Å². The number of esters is 1. The highest BCUT2D eigenvalue weighted by molar-refractivity contribution is 7.89. The highest BCUT2D eigenvalue weighted by Crippen LogP contribution is 2.10. The van der Waals surface area contributed by atoms with Crippen LogP contribution in [0.3, 0.4) is 0 Å². The van der Waals surface area contributed by atoms with Crippen molar-refractivity contribution in [1.29, 1.82) is 0 Å². The summed E-state index contributed by atoms with van der Waals surface area (Å²) in [6.07, 6.45) is 2.38. The summed E-state index contributed by atoms with van der Waals surface area (Å²) in [5, 5.41) is 5.93. The first-order valence-corrected chi connectivity index (χ1v) is 6.84. The molecule has 102 valence electrons. The van der Waals surface area contributed by atoms with Crippen molar-refractivity contribution in [3.8, 4) is 0 Å². The van der Waals surface area contributed by atoms with Gasteiger partial charge in [0.25, 0.3) is 0 Å². The predicted molar refractivity (Wildman–Crippen MR) is 64.2 cm³/mol. The zero-order valence-electron chi connectivity index (χ0n) is 10.7. The van der Waals surface area contributed by atoms with Crippen molar-refractivity contribution >= 4 is 16.0 Å². The third-order valence-electron chi connectivity index (χ3n) is 1.88. The van der Waals surface area contributed by atoms with Gasteiger partial charge in [-0.3, -0.25) is 9.89 Å². The van der Waals surface area contributed by atoms with Gasteiger partial charge in [-0.15, -0.1) is 0 Å². The number of carbonyl (C=O) groups is 1. The van der Waals surface area contributed by atoms with Gasteiger partial charge in [0.1, 0.15) is 16.5 Å². The van der Waals surface area contributed by atoms with Gasteiger partial charge in [0.15, 0.2) is 0 Å². The van der Waals surface area contributed by atoms with Crippen molar-refractivity contribution in [3.63, 3.8) is 0 Å². The Labute approximate surface area is 106 Å². The molecule has 0 aliphatic carbocycles. The van der Waals surface area contributed by atoms with Crippen molar-refractivity contribution in [1.82, 2.24) is 14.9 Å². The molecule has 1 aromatic rings. The first-order valence-electron chi connectivity index (χ1n) is 5.36. The minimum Gasteiger partial charge on any atom is -0.459 e. The van der Waals surface area contributed by atoms with Crippen LogP contribution in [0.25, 0.3) is 0 Å². The van der Waals surface area contributed by atoms with Gasteiger partial charge in [-0.05, 0) is 27.7 Å². The second-order valence-electron chi connectivity index (χ2n) is 4.81. The zero-order chi connectivity index (χ0) is 14.0. The molecule has 0 saturated carbocycles. The lowest BCUT2D eigenvalue weighted by molar-refractivity contribution is -0.156. The maximum absolute atomic E-state index is 11.8. The van der Waals surface area contributed by atoms with Crippen LogP contribution in [0.2, 0.25) is 0 Å². The number of sulfonamides is 1. The van der Waals surface area contributed by atoms with Crippen LogP contribution in [-0.4, -0.2) is 36.2 Å². The molecule has 0 bridgehead atoms. The second kappa shape index (κ2) is 5.07. The standard InChI is InChI=1S/C10H17N3O4S/c1-7(9(14)17-10(2,3)4)13-18(15,16)8-5-11-12-6-8/h5-7,13H,1-4H3,(H,11,12)/t7-/m1/s1. The molecule has 18 heavy (non-hydrogen) atoms. The van der Waals surface area contributed by atoms with E-state index in [0.717, 1.165) is 6.20 Å². The molecule has 1 rings (SSSR count). The lowest BCUT2D eigenvalue weighted by Crippen LogP contribution is -2.42. The van der Waals surface area contributed by atoms with E-state index in [2.05, 4.69) is 14.9 Å². The number of H-pyrrole nitrogens is 1. The van der Waals surface area contributed by atoms with Crippen LogP contribution in [0.5, 0.6) is 0 Å². The Bertz CT molecular complexity index is 502. The van der Waals surface area contributed by atoms with Crippen LogP contribution in [0.4, 0.5) is 0 Å². The molecular weight excluding hydrogens is 258 g/mol. The van der Waals surface area contributed by atoms with Crippen molar-refractivity contribution in [2.45, 2.75) is 44.2 Å². The van der Waals surface area contributed by atoms with Crippen molar-refractivity contribution < 1.29 is 17.9 Å². The average molecular weight is 275 g/mol. The van der Waals surface area contributed by atoms with E-state index in [-0.39, 0.29) is 4.90 Å². The number of aromatic nitrogens is 2. The molecule has 1 atom stereocenters. The second-order valence-corrected chi connectivity index (χ2v) is 6.52. The fourth-order valence-corrected chi connectivity index (χ4v) is 2.22. The molecule has 0 spiro atoms. The van der Waals surface area contributed by atoms with Crippen LogP contribution in [0.1, 0.15) is 27.7 Å². The van der Waals surface area contributed by atoms with Gasteiger partial charge in [0.05, 0.1) is 6.20 Å². The highest BCUT2D eigenvalue weighted by Gasteiger charge is 2.26. The Hall–Kier alpha value is -1.41. The number of carbonyl (C=O) groups excluding carboxylic acids is 1. The summed E-state index contributed by atoms with van der Waals surface area (Å²) in [5.74, 6) is -0.630. The van der Waals surface area contributed by atoms with Gasteiger partial charge in [-0.25, -0.2) is 8.42 Å². The molecule has 0 fully saturated rings. The molecule has 1 aromatic heterocycles. The van der Waals surface area contributed by atoms with Crippen molar-refractivity contribution in [2.75, 3.05) is 0 Å². The maximum Gasteiger partial charge on any atom is 0.324 e. The lowest BCUT2D eigenvalue weighted by Gasteiger charge is -2.22. The minimum absolute atomic E-state index is 0.0297. The molecule has 0 aliphatic heterocycles. The molecule has 0 aliphatic rings. The summed E-state index contributed by atoms with van der Waals surface area (Å²) < 4.78 is 30.9. The molecule has 0 unspecified atom stereocenters. The monoisotopic (exact) mass is 275 g/mol. The number of ether oxygens (including phenoxy) is 1. The van der Waals surface area contributed by atoms with E-state index in [1.165, 1.54) is 13.1 Å². The lowest BCUT2D eigenvalue weighted by atomic mass is 10.2. The predicted octanol–water partition coefficient (Wildman–Crippen LogP) is 0.418. The van der Waals surface area contributed by atoms with Crippen LogP contribution in [0.15, 0.2) is 17.3 Å². The fraction of sp³-hybridized carbons (Fsp3) is 0.600. The van der Waals surface area contributed by atoms with Crippen LogP contribution >= 0.6 is 0 Å². The number of aromatic amines is 1. The first kappa shape index (κ1) is 14.7. The van der Waals surface area contributed by atoms with E-state index in [4.69, 9.17) is 4.74 Å². The van der Waals surface area contributed by atoms with Crippen molar-refractivity contribution in [2.24, 2.45) is 0 Å². The van der Waals surface area contributed by atoms with E-state index in [0.29, 0.717) is 0 Å². The quantitative estimate of drug-likeness (QED) is 0.775. The molecular formula is C10H17N3O4S. The highest BCUT2D eigenvalue weighted by atomic mass is 32.2. The Morgan fingerprint density at radius 1 is 1.50 bits per heavy atom. The Kier molecular flexibility index (Phi) is 4.12. The van der Waals surface area contributed by atoms with E-state index in [1.54, 1.807) is 20.8 Å².